The molecule has 0 heterocycles. The maximum absolute atomic E-state index is 8.66. The van der Waals surface area contributed by atoms with Crippen LogP contribution < -0.4 is 28.6 Å². The zero-order chi connectivity index (χ0) is 4.50. The Kier molecular flexibility index (Phi) is 23.4. The van der Waals surface area contributed by atoms with Gasteiger partial charge in [-0.05, 0) is 0 Å². The third-order valence-electron chi connectivity index (χ3n) is 0. The van der Waals surface area contributed by atoms with Crippen LogP contribution in [0, 0.1) is 0 Å². The van der Waals surface area contributed by atoms with E-state index in [1.165, 1.54) is 0 Å². The summed E-state index contributed by atoms with van der Waals surface area (Å²) in [6.45, 7) is 0. The van der Waals surface area contributed by atoms with Crippen LogP contribution in [0.3, 0.4) is 0 Å². The van der Waals surface area contributed by atoms with E-state index in [4.69, 9.17) is 19.2 Å². The second-order valence-corrected chi connectivity index (χ2v) is 1.41. The summed E-state index contributed by atoms with van der Waals surface area (Å²) in [5.41, 5.74) is 0. The smallest absolute Gasteiger partial charge is 0.790 e. The quantitative estimate of drug-likeness (QED) is 0.292. The van der Waals surface area contributed by atoms with E-state index in [-0.39, 0.29) is 41.4 Å². The number of hydrogen-bond acceptors (Lipinski definition) is 3. The van der Waals surface area contributed by atoms with Crippen LogP contribution in [0.25, 0.3) is 0 Å². The normalized spacial score (nSPS) is 7.38. The van der Waals surface area contributed by atoms with Crippen LogP contribution in [-0.4, -0.2) is 10.4 Å². The van der Waals surface area contributed by atoms with Gasteiger partial charge in [-0.15, -0.1) is 0 Å². The van der Waals surface area contributed by atoms with Gasteiger partial charge in [0.05, 0.1) is 7.82 Å². The summed E-state index contributed by atoms with van der Waals surface area (Å²) in [6, 6.07) is 0. The molecule has 0 saturated heterocycles. The molecule has 0 spiro atoms. The van der Waals surface area contributed by atoms with Crippen molar-refractivity contribution in [2.24, 2.45) is 0 Å². The van der Waals surface area contributed by atoms with Gasteiger partial charge < -0.3 is 24.7 Å². The largest absolute Gasteiger partial charge is 1.00 e. The molecule has 0 aliphatic rings. The van der Waals surface area contributed by atoms with E-state index in [2.05, 4.69) is 0 Å². The van der Waals surface area contributed by atoms with Gasteiger partial charge in [-0.2, -0.15) is 0 Å². The zero-order valence-corrected chi connectivity index (χ0v) is 5.97. The maximum atomic E-state index is 8.66. The minimum absolute atomic E-state index is 0. The molecule has 0 aliphatic carbocycles. The van der Waals surface area contributed by atoms with E-state index < -0.39 is 7.82 Å². The first-order valence-corrected chi connectivity index (χ1v) is 2.24. The monoisotopic (exact) mass is 177 g/mol. The van der Waals surface area contributed by atoms with E-state index in [9.17, 15) is 0 Å². The molecule has 48 valence electrons. The van der Waals surface area contributed by atoms with Crippen LogP contribution >= 0.6 is 7.82 Å². The van der Waals surface area contributed by atoms with E-state index in [1.54, 1.807) is 0 Å². The minimum atomic E-state index is -5.14. The van der Waals surface area contributed by atoms with Crippen molar-refractivity contribution in [2.75, 3.05) is 0 Å². The van der Waals surface area contributed by atoms with E-state index >= 15 is 0 Å². The Morgan fingerprint density at radius 1 is 1.38 bits per heavy atom. The standard InChI is InChI=1S/Fe.Li.H3O4P.H2O/c;;1-5(2,3)4;/h;;(H3,1,2,3,4);1H2/q;+1;;/p-2. The van der Waals surface area contributed by atoms with Crippen LogP contribution in [0.2, 0.25) is 0 Å². The molecule has 8 heavy (non-hydrogen) atoms. The predicted molar refractivity (Wildman–Crippen MR) is 13.4 cm³/mol. The van der Waals surface area contributed by atoms with Gasteiger partial charge in [-0.25, -0.2) is 0 Å². The van der Waals surface area contributed by atoms with Gasteiger partial charge in [0.1, 0.15) is 0 Å². The Bertz CT molecular complexity index is 58.6. The minimum Gasteiger partial charge on any atom is -0.790 e. The molecule has 0 bridgehead atoms. The van der Waals surface area contributed by atoms with Gasteiger partial charge in [-0.1, -0.05) is 0 Å². The summed E-state index contributed by atoms with van der Waals surface area (Å²) in [6.07, 6.45) is 0. The number of phosphoric acid groups is 1. The molecule has 0 rings (SSSR count). The summed E-state index contributed by atoms with van der Waals surface area (Å²) in [7, 11) is -5.14. The van der Waals surface area contributed by atoms with Crippen LogP contribution in [-0.2, 0) is 21.6 Å². The molecule has 0 unspecified atom stereocenters. The second kappa shape index (κ2) is 8.19. The summed E-state index contributed by atoms with van der Waals surface area (Å²) < 4.78 is 8.66. The topological polar surface area (TPSA) is 115 Å². The molecule has 0 atom stereocenters. The molecule has 3 N–H and O–H groups in total. The van der Waals surface area contributed by atoms with Crippen LogP contribution in [0.5, 0.6) is 0 Å². The van der Waals surface area contributed by atoms with Crippen molar-refractivity contribution in [3.8, 4) is 0 Å². The number of rotatable bonds is 0. The van der Waals surface area contributed by atoms with Crippen LogP contribution in [0.4, 0.5) is 0 Å². The molecule has 5 nitrogen and oxygen atoms in total. The fourth-order valence-electron chi connectivity index (χ4n) is 0. The Morgan fingerprint density at radius 3 is 1.38 bits per heavy atom. The third kappa shape index (κ3) is 195. The first-order chi connectivity index (χ1) is 2.00. The number of hydrogen-bond donors (Lipinski definition) is 1. The van der Waals surface area contributed by atoms with Crippen molar-refractivity contribution < 1.29 is 60.7 Å². The van der Waals surface area contributed by atoms with Gasteiger partial charge in [0, 0.05) is 17.1 Å². The molecule has 0 aliphatic heterocycles. The van der Waals surface area contributed by atoms with E-state index in [1.807, 2.05) is 0 Å². The van der Waals surface area contributed by atoms with Gasteiger partial charge in [0.15, 0.2) is 0 Å². The summed E-state index contributed by atoms with van der Waals surface area (Å²) in [4.78, 5) is 24.3. The fraction of sp³-hybridized carbons (Fsp3) is 0. The van der Waals surface area contributed by atoms with Crippen molar-refractivity contribution in [1.82, 2.24) is 0 Å². The fourth-order valence-corrected chi connectivity index (χ4v) is 0. The van der Waals surface area contributed by atoms with Gasteiger partial charge in [0.25, 0.3) is 0 Å². The van der Waals surface area contributed by atoms with E-state index in [0.29, 0.717) is 0 Å². The van der Waals surface area contributed by atoms with Crippen LogP contribution in [0.1, 0.15) is 0 Å². The molecule has 0 radical (unpaired) electrons. The molecule has 8 heteroatoms. The Morgan fingerprint density at radius 2 is 1.38 bits per heavy atom. The molecule has 0 amide bonds. The van der Waals surface area contributed by atoms with Crippen LogP contribution in [0.15, 0.2) is 0 Å². The molecule has 0 fully saturated rings. The van der Waals surface area contributed by atoms with Gasteiger partial charge >= 0.3 is 18.9 Å². The Labute approximate surface area is 68.7 Å². The first kappa shape index (κ1) is 22.9. The molecule has 0 saturated carbocycles. The first-order valence-electron chi connectivity index (χ1n) is 0.748. The maximum Gasteiger partial charge on any atom is 1.00 e. The molecular weight excluding hydrogens is 174 g/mol. The predicted octanol–water partition coefficient (Wildman–Crippen LogP) is -6.02. The Hall–Kier alpha value is 1.19. The average Bonchev–Trinajstić information content (AvgIpc) is 0.722. The average molecular weight is 177 g/mol. The zero-order valence-electron chi connectivity index (χ0n) is 3.97. The summed E-state index contributed by atoms with van der Waals surface area (Å²) in [5, 5.41) is 0. The van der Waals surface area contributed by atoms with Crippen molar-refractivity contribution in [2.45, 2.75) is 0 Å². The van der Waals surface area contributed by atoms with Crippen molar-refractivity contribution in [3.63, 3.8) is 0 Å². The molecule has 0 aromatic heterocycles. The SMILES string of the molecule is O.O=P([O-])([O-])O.[Fe].[Li+]. The van der Waals surface area contributed by atoms with Crippen molar-refractivity contribution >= 4 is 7.82 Å². The second-order valence-electron chi connectivity index (χ2n) is 0.469. The molecular formula is H3FeLiO5P-. The van der Waals surface area contributed by atoms with Crippen molar-refractivity contribution in [3.05, 3.63) is 0 Å². The summed E-state index contributed by atoms with van der Waals surface area (Å²) in [5.74, 6) is 0. The van der Waals surface area contributed by atoms with E-state index in [0.717, 1.165) is 0 Å². The molecule has 0 aromatic carbocycles. The van der Waals surface area contributed by atoms with Crippen molar-refractivity contribution in [1.29, 1.82) is 0 Å². The molecule has 0 aromatic rings. The van der Waals surface area contributed by atoms with Gasteiger partial charge in [0.2, 0.25) is 0 Å². The van der Waals surface area contributed by atoms with Gasteiger partial charge in [-0.3, -0.25) is 0 Å². The summed E-state index contributed by atoms with van der Waals surface area (Å²) >= 11 is 0. The third-order valence-corrected chi connectivity index (χ3v) is 0. The Balaban J connectivity index is -0.0000000267.